The van der Waals surface area contributed by atoms with E-state index in [4.69, 9.17) is 18.6 Å². The van der Waals surface area contributed by atoms with Crippen LogP contribution in [0.4, 0.5) is 13.2 Å². The molecule has 0 aliphatic rings. The van der Waals surface area contributed by atoms with Crippen molar-refractivity contribution in [3.05, 3.63) is 93.8 Å². The van der Waals surface area contributed by atoms with Crippen molar-refractivity contribution in [2.75, 3.05) is 7.11 Å². The number of ether oxygens (including phenoxy) is 3. The summed E-state index contributed by atoms with van der Waals surface area (Å²) in [5.41, 5.74) is 0.792. The van der Waals surface area contributed by atoms with E-state index in [1.54, 1.807) is 0 Å². The highest BCUT2D eigenvalue weighted by molar-refractivity contribution is 5.79. The predicted molar refractivity (Wildman–Crippen MR) is 116 cm³/mol. The van der Waals surface area contributed by atoms with Gasteiger partial charge in [0, 0.05) is 6.07 Å². The van der Waals surface area contributed by atoms with Gasteiger partial charge in [0.05, 0.1) is 12.5 Å². The van der Waals surface area contributed by atoms with Gasteiger partial charge in [0.25, 0.3) is 5.76 Å². The van der Waals surface area contributed by atoms with Gasteiger partial charge in [-0.3, -0.25) is 4.79 Å². The largest absolute Gasteiger partial charge is 0.497 e. The maximum Gasteiger partial charge on any atom is 0.453 e. The number of halogens is 3. The molecule has 4 aromatic rings. The van der Waals surface area contributed by atoms with Crippen LogP contribution in [-0.2, 0) is 12.8 Å². The molecule has 0 bridgehead atoms. The molecule has 0 atom stereocenters. The van der Waals surface area contributed by atoms with Gasteiger partial charge >= 0.3 is 6.18 Å². The van der Waals surface area contributed by atoms with E-state index in [1.165, 1.54) is 49.6 Å². The van der Waals surface area contributed by atoms with E-state index in [0.29, 0.717) is 5.75 Å². The highest BCUT2D eigenvalue weighted by Gasteiger charge is 2.40. The van der Waals surface area contributed by atoms with Crippen molar-refractivity contribution < 1.29 is 31.8 Å². The van der Waals surface area contributed by atoms with Crippen LogP contribution < -0.4 is 19.6 Å². The Morgan fingerprint density at radius 2 is 1.52 bits per heavy atom. The van der Waals surface area contributed by atoms with Crippen LogP contribution in [0.2, 0.25) is 0 Å². The van der Waals surface area contributed by atoms with Crippen LogP contribution in [0.3, 0.4) is 0 Å². The smallest absolute Gasteiger partial charge is 0.453 e. The molecule has 0 saturated heterocycles. The predicted octanol–water partition coefficient (Wildman–Crippen LogP) is 6.50. The molecule has 1 heterocycles. The van der Waals surface area contributed by atoms with Gasteiger partial charge in [-0.1, -0.05) is 29.8 Å². The summed E-state index contributed by atoms with van der Waals surface area (Å²) in [6.45, 7) is 2.17. The summed E-state index contributed by atoms with van der Waals surface area (Å²) in [4.78, 5) is 12.9. The Bertz CT molecular complexity index is 1320. The minimum absolute atomic E-state index is 0.0333. The van der Waals surface area contributed by atoms with E-state index >= 15 is 0 Å². The van der Waals surface area contributed by atoms with E-state index in [-0.39, 0.29) is 29.1 Å². The SMILES string of the molecule is COc1ccc(Oc2c(C(F)(F)F)oc3cc(OCc4ccc(C)cc4)ccc3c2=O)cc1. The topological polar surface area (TPSA) is 57.9 Å². The molecular formula is C25H19F3O5. The molecule has 5 nitrogen and oxygen atoms in total. The van der Waals surface area contributed by atoms with Gasteiger partial charge in [0.1, 0.15) is 29.4 Å². The minimum atomic E-state index is -4.95. The third kappa shape index (κ3) is 4.95. The van der Waals surface area contributed by atoms with Crippen LogP contribution in [-0.4, -0.2) is 7.11 Å². The average molecular weight is 456 g/mol. The molecule has 0 radical (unpaired) electrons. The number of fused-ring (bicyclic) bond motifs is 1. The van der Waals surface area contributed by atoms with Crippen LogP contribution in [0.5, 0.6) is 23.0 Å². The molecule has 0 fully saturated rings. The van der Waals surface area contributed by atoms with E-state index in [2.05, 4.69) is 0 Å². The van der Waals surface area contributed by atoms with Crippen molar-refractivity contribution in [2.45, 2.75) is 19.7 Å². The Morgan fingerprint density at radius 1 is 0.879 bits per heavy atom. The minimum Gasteiger partial charge on any atom is -0.497 e. The Labute approximate surface area is 186 Å². The molecule has 0 N–H and O–H groups in total. The fourth-order valence-electron chi connectivity index (χ4n) is 3.14. The molecule has 33 heavy (non-hydrogen) atoms. The number of hydrogen-bond acceptors (Lipinski definition) is 5. The zero-order valence-electron chi connectivity index (χ0n) is 17.7. The summed E-state index contributed by atoms with van der Waals surface area (Å²) in [7, 11) is 1.45. The number of alkyl halides is 3. The summed E-state index contributed by atoms with van der Waals surface area (Å²) in [5.74, 6) is -1.67. The second-order valence-electron chi connectivity index (χ2n) is 7.30. The Kier molecular flexibility index (Phi) is 6.00. The van der Waals surface area contributed by atoms with Gasteiger partial charge in [-0.15, -0.1) is 0 Å². The quantitative estimate of drug-likeness (QED) is 0.332. The van der Waals surface area contributed by atoms with Crippen molar-refractivity contribution in [3.63, 3.8) is 0 Å². The normalized spacial score (nSPS) is 11.4. The molecule has 3 aromatic carbocycles. The van der Waals surface area contributed by atoms with Crippen molar-refractivity contribution in [1.29, 1.82) is 0 Å². The second kappa shape index (κ2) is 8.90. The van der Waals surface area contributed by atoms with Crippen molar-refractivity contribution in [1.82, 2.24) is 0 Å². The highest BCUT2D eigenvalue weighted by atomic mass is 19.4. The van der Waals surface area contributed by atoms with Crippen LogP contribution in [0, 0.1) is 6.92 Å². The van der Waals surface area contributed by atoms with E-state index in [1.807, 2.05) is 31.2 Å². The maximum atomic E-state index is 13.7. The Morgan fingerprint density at radius 3 is 2.15 bits per heavy atom. The summed E-state index contributed by atoms with van der Waals surface area (Å²) in [6.07, 6.45) is -4.95. The average Bonchev–Trinajstić information content (AvgIpc) is 2.80. The zero-order valence-corrected chi connectivity index (χ0v) is 17.7. The monoisotopic (exact) mass is 456 g/mol. The van der Waals surface area contributed by atoms with Gasteiger partial charge in [0.15, 0.2) is 0 Å². The molecule has 0 aliphatic carbocycles. The third-order valence-electron chi connectivity index (χ3n) is 4.89. The first-order chi connectivity index (χ1) is 15.7. The molecule has 8 heteroatoms. The number of aryl methyl sites for hydroxylation is 1. The first-order valence-corrected chi connectivity index (χ1v) is 9.93. The van der Waals surface area contributed by atoms with Gasteiger partial charge < -0.3 is 18.6 Å². The van der Waals surface area contributed by atoms with Crippen molar-refractivity contribution in [3.8, 4) is 23.0 Å². The van der Waals surface area contributed by atoms with Crippen LogP contribution in [0.15, 0.2) is 75.9 Å². The van der Waals surface area contributed by atoms with E-state index < -0.39 is 23.1 Å². The summed E-state index contributed by atoms with van der Waals surface area (Å²) in [5, 5.41) is -0.0609. The van der Waals surface area contributed by atoms with Gasteiger partial charge in [-0.2, -0.15) is 13.2 Å². The first kappa shape index (κ1) is 22.3. The van der Waals surface area contributed by atoms with Gasteiger partial charge in [-0.25, -0.2) is 0 Å². The maximum absolute atomic E-state index is 13.7. The third-order valence-corrected chi connectivity index (χ3v) is 4.89. The number of rotatable bonds is 6. The molecule has 0 spiro atoms. The summed E-state index contributed by atoms with van der Waals surface area (Å²) < 4.78 is 62.2. The van der Waals surface area contributed by atoms with Gasteiger partial charge in [0.2, 0.25) is 11.2 Å². The fourth-order valence-corrected chi connectivity index (χ4v) is 3.14. The summed E-state index contributed by atoms with van der Waals surface area (Å²) >= 11 is 0. The van der Waals surface area contributed by atoms with Crippen LogP contribution in [0.1, 0.15) is 16.9 Å². The lowest BCUT2D eigenvalue weighted by Gasteiger charge is -2.14. The standard InChI is InChI=1S/C25H19F3O5/c1-15-3-5-16(6-4-15)14-31-19-11-12-20-21(13-19)33-24(25(26,27)28)23(22(20)29)32-18-9-7-17(30-2)8-10-18/h3-13H,14H2,1-2H3. The lowest BCUT2D eigenvalue weighted by Crippen LogP contribution is -2.15. The molecule has 170 valence electrons. The molecule has 0 saturated carbocycles. The zero-order chi connectivity index (χ0) is 23.6. The number of benzene rings is 3. The molecule has 1 aromatic heterocycles. The molecular weight excluding hydrogens is 437 g/mol. The number of hydrogen-bond donors (Lipinski definition) is 0. The summed E-state index contributed by atoms with van der Waals surface area (Å²) in [6, 6.07) is 17.5. The van der Waals surface area contributed by atoms with Gasteiger partial charge in [-0.05, 0) is 48.9 Å². The molecule has 0 unspecified atom stereocenters. The highest BCUT2D eigenvalue weighted by Crippen LogP contribution is 2.38. The number of methoxy groups -OCH3 is 1. The van der Waals surface area contributed by atoms with E-state index in [9.17, 15) is 18.0 Å². The second-order valence-corrected chi connectivity index (χ2v) is 7.30. The van der Waals surface area contributed by atoms with Crippen molar-refractivity contribution >= 4 is 11.0 Å². The van der Waals surface area contributed by atoms with E-state index in [0.717, 1.165) is 11.1 Å². The molecule has 4 rings (SSSR count). The Balaban J connectivity index is 1.69. The van der Waals surface area contributed by atoms with Crippen LogP contribution >= 0.6 is 0 Å². The molecule has 0 aliphatic heterocycles. The van der Waals surface area contributed by atoms with Crippen LogP contribution in [0.25, 0.3) is 11.0 Å². The first-order valence-electron chi connectivity index (χ1n) is 9.93. The van der Waals surface area contributed by atoms with Crippen molar-refractivity contribution in [2.24, 2.45) is 0 Å². The lowest BCUT2D eigenvalue weighted by molar-refractivity contribution is -0.154. The molecule has 0 amide bonds. The lowest BCUT2D eigenvalue weighted by atomic mass is 10.1. The fraction of sp³-hybridized carbons (Fsp3) is 0.160. The Hall–Kier alpha value is -3.94.